The molecule has 30 heavy (non-hydrogen) atoms. The van der Waals surface area contributed by atoms with Crippen LogP contribution in [0.5, 0.6) is 0 Å². The number of hydrogen-bond acceptors (Lipinski definition) is 3. The number of aryl methyl sites for hydroxylation is 1. The molecule has 3 aromatic carbocycles. The molecule has 2 heterocycles. The number of fused-ring (bicyclic) bond motifs is 3. The van der Waals surface area contributed by atoms with Crippen molar-refractivity contribution in [1.82, 2.24) is 14.5 Å². The summed E-state index contributed by atoms with van der Waals surface area (Å²) in [4.78, 5) is 19.9. The number of nitrogens with one attached hydrogen (secondary N) is 1. The van der Waals surface area contributed by atoms with Gasteiger partial charge in [-0.05, 0) is 42.3 Å². The highest BCUT2D eigenvalue weighted by atomic mass is 16.1. The molecule has 1 amide bonds. The van der Waals surface area contributed by atoms with E-state index in [0.717, 1.165) is 54.3 Å². The van der Waals surface area contributed by atoms with Crippen molar-refractivity contribution >= 4 is 22.6 Å². The first-order chi connectivity index (χ1) is 14.7. The lowest BCUT2D eigenvalue weighted by atomic mass is 10.1. The van der Waals surface area contributed by atoms with Gasteiger partial charge in [-0.1, -0.05) is 48.5 Å². The van der Waals surface area contributed by atoms with Crippen LogP contribution in [0.1, 0.15) is 27.3 Å². The number of anilines is 1. The van der Waals surface area contributed by atoms with Gasteiger partial charge in [0.2, 0.25) is 0 Å². The van der Waals surface area contributed by atoms with Gasteiger partial charge < -0.3 is 9.88 Å². The average molecular weight is 396 g/mol. The van der Waals surface area contributed by atoms with E-state index < -0.39 is 0 Å². The molecule has 1 aliphatic rings. The first-order valence-electron chi connectivity index (χ1n) is 10.3. The van der Waals surface area contributed by atoms with Crippen LogP contribution in [-0.2, 0) is 19.6 Å². The molecule has 5 nitrogen and oxygen atoms in total. The van der Waals surface area contributed by atoms with Crippen LogP contribution in [0, 0.1) is 6.92 Å². The van der Waals surface area contributed by atoms with Gasteiger partial charge in [0.15, 0.2) is 0 Å². The minimum Gasteiger partial charge on any atom is -0.326 e. The summed E-state index contributed by atoms with van der Waals surface area (Å²) in [5.41, 5.74) is 5.80. The summed E-state index contributed by atoms with van der Waals surface area (Å²) in [6.07, 6.45) is 0. The van der Waals surface area contributed by atoms with Gasteiger partial charge in [-0.25, -0.2) is 4.98 Å². The topological polar surface area (TPSA) is 50.2 Å². The lowest BCUT2D eigenvalue weighted by molar-refractivity contribution is 0.102. The predicted molar refractivity (Wildman–Crippen MR) is 119 cm³/mol. The van der Waals surface area contributed by atoms with Crippen LogP contribution in [-0.4, -0.2) is 26.9 Å². The molecule has 0 unspecified atom stereocenters. The molecule has 4 aromatic rings. The summed E-state index contributed by atoms with van der Waals surface area (Å²) in [5, 5.41) is 3.01. The second-order valence-corrected chi connectivity index (χ2v) is 7.85. The van der Waals surface area contributed by atoms with Crippen LogP contribution in [0.15, 0.2) is 72.8 Å². The number of hydrogen-bond donors (Lipinski definition) is 1. The zero-order chi connectivity index (χ0) is 20.5. The Morgan fingerprint density at radius 3 is 2.63 bits per heavy atom. The Bertz CT molecular complexity index is 1210. The van der Waals surface area contributed by atoms with Crippen molar-refractivity contribution in [3.8, 4) is 0 Å². The third kappa shape index (κ3) is 3.60. The molecular weight excluding hydrogens is 372 g/mol. The van der Waals surface area contributed by atoms with E-state index in [0.29, 0.717) is 5.56 Å². The van der Waals surface area contributed by atoms with Crippen LogP contribution in [0.4, 0.5) is 5.69 Å². The standard InChI is InChI=1S/C25H24N4O/c1-18-7-5-6-10-21(18)25(30)26-20-11-12-23-22(15-20)27-24-17-28(13-14-29(23)24)16-19-8-3-2-4-9-19/h2-12,15H,13-14,16-17H2,1H3,(H,26,30). The molecule has 1 aliphatic heterocycles. The Hall–Kier alpha value is -3.44. The summed E-state index contributed by atoms with van der Waals surface area (Å²) in [7, 11) is 0. The quantitative estimate of drug-likeness (QED) is 0.548. The van der Waals surface area contributed by atoms with E-state index in [1.807, 2.05) is 43.3 Å². The highest BCUT2D eigenvalue weighted by Gasteiger charge is 2.20. The second-order valence-electron chi connectivity index (χ2n) is 7.85. The highest BCUT2D eigenvalue weighted by Crippen LogP contribution is 2.25. The van der Waals surface area contributed by atoms with E-state index in [4.69, 9.17) is 4.98 Å². The fraction of sp³-hybridized carbons (Fsp3) is 0.200. The lowest BCUT2D eigenvalue weighted by Gasteiger charge is -2.27. The normalized spacial score (nSPS) is 13.9. The van der Waals surface area contributed by atoms with Crippen LogP contribution in [0.25, 0.3) is 11.0 Å². The van der Waals surface area contributed by atoms with Crippen LogP contribution >= 0.6 is 0 Å². The maximum absolute atomic E-state index is 12.6. The van der Waals surface area contributed by atoms with E-state index in [-0.39, 0.29) is 5.91 Å². The number of carbonyl (C=O) groups is 1. The van der Waals surface area contributed by atoms with Crippen molar-refractivity contribution in [2.75, 3.05) is 11.9 Å². The van der Waals surface area contributed by atoms with Gasteiger partial charge in [-0.3, -0.25) is 9.69 Å². The monoisotopic (exact) mass is 396 g/mol. The molecule has 0 fully saturated rings. The highest BCUT2D eigenvalue weighted by molar-refractivity contribution is 6.05. The zero-order valence-electron chi connectivity index (χ0n) is 17.0. The second kappa shape index (κ2) is 7.76. The maximum Gasteiger partial charge on any atom is 0.255 e. The minimum atomic E-state index is -0.0922. The first-order valence-corrected chi connectivity index (χ1v) is 10.3. The molecule has 1 aromatic heterocycles. The summed E-state index contributed by atoms with van der Waals surface area (Å²) < 4.78 is 2.30. The van der Waals surface area contributed by atoms with E-state index in [1.54, 1.807) is 0 Å². The lowest BCUT2D eigenvalue weighted by Crippen LogP contribution is -2.33. The Morgan fingerprint density at radius 1 is 1.00 bits per heavy atom. The fourth-order valence-electron chi connectivity index (χ4n) is 4.15. The van der Waals surface area contributed by atoms with Gasteiger partial charge in [0, 0.05) is 30.9 Å². The van der Waals surface area contributed by atoms with Crippen molar-refractivity contribution in [2.45, 2.75) is 26.6 Å². The molecule has 0 spiro atoms. The number of rotatable bonds is 4. The third-order valence-electron chi connectivity index (χ3n) is 5.73. The molecule has 0 bridgehead atoms. The fourth-order valence-corrected chi connectivity index (χ4v) is 4.15. The van der Waals surface area contributed by atoms with Gasteiger partial charge >= 0.3 is 0 Å². The summed E-state index contributed by atoms with van der Waals surface area (Å²) >= 11 is 0. The molecule has 0 aliphatic carbocycles. The van der Waals surface area contributed by atoms with E-state index in [9.17, 15) is 4.79 Å². The van der Waals surface area contributed by atoms with Gasteiger partial charge in [0.05, 0.1) is 17.6 Å². The zero-order valence-corrected chi connectivity index (χ0v) is 17.0. The predicted octanol–water partition coefficient (Wildman–Crippen LogP) is 4.61. The number of benzene rings is 3. The van der Waals surface area contributed by atoms with Crippen LogP contribution < -0.4 is 5.32 Å². The molecule has 5 heteroatoms. The number of aromatic nitrogens is 2. The van der Waals surface area contributed by atoms with Gasteiger partial charge in [0.25, 0.3) is 5.91 Å². The molecule has 0 atom stereocenters. The summed E-state index contributed by atoms with van der Waals surface area (Å²) in [6, 6.07) is 24.2. The first kappa shape index (κ1) is 18.6. The Kier molecular flexibility index (Phi) is 4.81. The number of amides is 1. The number of nitrogens with zero attached hydrogens (tertiary/aromatic N) is 3. The number of carbonyl (C=O) groups excluding carboxylic acids is 1. The Balaban J connectivity index is 1.36. The molecule has 150 valence electrons. The van der Waals surface area contributed by atoms with Gasteiger partial charge in [-0.15, -0.1) is 0 Å². The summed E-state index contributed by atoms with van der Waals surface area (Å²) in [5.74, 6) is 0.986. The van der Waals surface area contributed by atoms with E-state index in [1.165, 1.54) is 5.56 Å². The number of imidazole rings is 1. The minimum absolute atomic E-state index is 0.0922. The van der Waals surface area contributed by atoms with Crippen LogP contribution in [0.3, 0.4) is 0 Å². The summed E-state index contributed by atoms with van der Waals surface area (Å²) in [6.45, 7) is 5.63. The molecule has 0 saturated heterocycles. The average Bonchev–Trinajstić information content (AvgIpc) is 3.11. The van der Waals surface area contributed by atoms with Gasteiger partial charge in [0.1, 0.15) is 5.82 Å². The maximum atomic E-state index is 12.6. The molecule has 5 rings (SSSR count). The van der Waals surface area contributed by atoms with Crippen molar-refractivity contribution < 1.29 is 4.79 Å². The molecule has 0 saturated carbocycles. The van der Waals surface area contributed by atoms with Gasteiger partial charge in [-0.2, -0.15) is 0 Å². The van der Waals surface area contributed by atoms with E-state index in [2.05, 4.69) is 51.2 Å². The molecular formula is C25H24N4O. The molecule has 1 N–H and O–H groups in total. The van der Waals surface area contributed by atoms with Crippen molar-refractivity contribution in [3.05, 3.63) is 95.3 Å². The van der Waals surface area contributed by atoms with Crippen molar-refractivity contribution in [1.29, 1.82) is 0 Å². The molecule has 0 radical (unpaired) electrons. The Morgan fingerprint density at radius 2 is 1.80 bits per heavy atom. The van der Waals surface area contributed by atoms with Crippen LogP contribution in [0.2, 0.25) is 0 Å². The Labute approximate surface area is 176 Å². The van der Waals surface area contributed by atoms with E-state index >= 15 is 0 Å². The van der Waals surface area contributed by atoms with Crippen molar-refractivity contribution in [3.63, 3.8) is 0 Å². The SMILES string of the molecule is Cc1ccccc1C(=O)Nc1ccc2c(c1)nc1n2CCN(Cc2ccccc2)C1. The van der Waals surface area contributed by atoms with Crippen molar-refractivity contribution in [2.24, 2.45) is 0 Å². The third-order valence-corrected chi connectivity index (χ3v) is 5.73. The smallest absolute Gasteiger partial charge is 0.255 e. The largest absolute Gasteiger partial charge is 0.326 e.